The lowest BCUT2D eigenvalue weighted by Crippen LogP contribution is -2.40. The summed E-state index contributed by atoms with van der Waals surface area (Å²) >= 11 is 6.23. The van der Waals surface area contributed by atoms with Gasteiger partial charge in [-0.05, 0) is 25.5 Å². The second-order valence-corrected chi connectivity index (χ2v) is 6.23. The summed E-state index contributed by atoms with van der Waals surface area (Å²) in [6.07, 6.45) is 3.90. The minimum Gasteiger partial charge on any atom is -0.346 e. The van der Waals surface area contributed by atoms with Gasteiger partial charge in [0.15, 0.2) is 5.82 Å². The van der Waals surface area contributed by atoms with Gasteiger partial charge >= 0.3 is 0 Å². The fraction of sp³-hybridized carbons (Fsp3) is 0.333. The SMILES string of the molecule is CC(=O)NC(C)(C)c1noc(Cc2c[nH]c3nccc(Cl)c23)n1. The summed E-state index contributed by atoms with van der Waals surface area (Å²) in [4.78, 5) is 22.9. The fourth-order valence-electron chi connectivity index (χ4n) is 2.46. The standard InChI is InChI=1S/C15H16ClN5O2/c1-8(22)20-15(2,3)14-19-11(23-21-14)6-9-7-18-13-12(9)10(16)4-5-17-13/h4-5,7H,6H2,1-3H3,(H,17,18)(H,20,22). The van der Waals surface area contributed by atoms with Crippen LogP contribution in [0, 0.1) is 0 Å². The van der Waals surface area contributed by atoms with E-state index in [4.69, 9.17) is 16.1 Å². The van der Waals surface area contributed by atoms with Crippen molar-refractivity contribution in [1.29, 1.82) is 0 Å². The molecule has 3 rings (SSSR count). The van der Waals surface area contributed by atoms with Gasteiger partial charge in [-0.2, -0.15) is 4.98 Å². The molecule has 0 aliphatic heterocycles. The number of amides is 1. The molecule has 1 amide bonds. The Hall–Kier alpha value is -2.41. The average Bonchev–Trinajstić information content (AvgIpc) is 3.06. The molecule has 120 valence electrons. The second-order valence-electron chi connectivity index (χ2n) is 5.82. The Morgan fingerprint density at radius 2 is 2.26 bits per heavy atom. The van der Waals surface area contributed by atoms with Gasteiger partial charge in [0.05, 0.1) is 17.0 Å². The lowest BCUT2D eigenvalue weighted by molar-refractivity contribution is -0.120. The number of carbonyl (C=O) groups is 1. The molecule has 3 aromatic rings. The van der Waals surface area contributed by atoms with E-state index in [1.807, 2.05) is 20.0 Å². The van der Waals surface area contributed by atoms with Crippen molar-refractivity contribution < 1.29 is 9.32 Å². The van der Waals surface area contributed by atoms with E-state index in [0.29, 0.717) is 28.8 Å². The van der Waals surface area contributed by atoms with Crippen LogP contribution >= 0.6 is 11.6 Å². The number of nitrogens with zero attached hydrogens (tertiary/aromatic N) is 3. The van der Waals surface area contributed by atoms with Gasteiger partial charge in [-0.3, -0.25) is 4.79 Å². The Kier molecular flexibility index (Phi) is 3.81. The maximum atomic E-state index is 11.3. The molecule has 0 atom stereocenters. The van der Waals surface area contributed by atoms with E-state index in [2.05, 4.69) is 25.4 Å². The number of aromatic amines is 1. The summed E-state index contributed by atoms with van der Waals surface area (Å²) < 4.78 is 5.30. The maximum absolute atomic E-state index is 11.3. The summed E-state index contributed by atoms with van der Waals surface area (Å²) in [5.74, 6) is 0.710. The van der Waals surface area contributed by atoms with E-state index < -0.39 is 5.54 Å². The van der Waals surface area contributed by atoms with Crippen LogP contribution in [0.3, 0.4) is 0 Å². The van der Waals surface area contributed by atoms with Crippen molar-refractivity contribution in [3.63, 3.8) is 0 Å². The number of hydrogen-bond donors (Lipinski definition) is 2. The number of pyridine rings is 1. The highest BCUT2D eigenvalue weighted by Gasteiger charge is 2.27. The molecule has 0 saturated carbocycles. The second kappa shape index (κ2) is 5.66. The van der Waals surface area contributed by atoms with Gasteiger partial charge in [-0.1, -0.05) is 16.8 Å². The Morgan fingerprint density at radius 3 is 3.00 bits per heavy atom. The number of halogens is 1. The van der Waals surface area contributed by atoms with Crippen LogP contribution in [0.1, 0.15) is 38.0 Å². The van der Waals surface area contributed by atoms with Crippen LogP contribution < -0.4 is 5.32 Å². The molecule has 0 radical (unpaired) electrons. The molecule has 7 nitrogen and oxygen atoms in total. The third-order valence-electron chi connectivity index (χ3n) is 3.46. The van der Waals surface area contributed by atoms with Gasteiger partial charge in [-0.25, -0.2) is 4.98 Å². The first-order valence-electron chi connectivity index (χ1n) is 7.09. The highest BCUT2D eigenvalue weighted by molar-refractivity contribution is 6.35. The fourth-order valence-corrected chi connectivity index (χ4v) is 2.73. The molecular weight excluding hydrogens is 318 g/mol. The number of rotatable bonds is 4. The van der Waals surface area contributed by atoms with Gasteiger partial charge in [0.25, 0.3) is 0 Å². The molecular formula is C15H16ClN5O2. The Balaban J connectivity index is 1.88. The minimum atomic E-state index is -0.701. The smallest absolute Gasteiger partial charge is 0.231 e. The molecule has 3 heterocycles. The van der Waals surface area contributed by atoms with E-state index in [9.17, 15) is 4.79 Å². The number of H-pyrrole nitrogens is 1. The molecule has 0 bridgehead atoms. The van der Waals surface area contributed by atoms with Crippen molar-refractivity contribution in [2.45, 2.75) is 32.7 Å². The van der Waals surface area contributed by atoms with Gasteiger partial charge in [0.1, 0.15) is 5.65 Å². The van der Waals surface area contributed by atoms with Gasteiger partial charge in [-0.15, -0.1) is 0 Å². The number of hydrogen-bond acceptors (Lipinski definition) is 5. The van der Waals surface area contributed by atoms with Gasteiger partial charge in [0, 0.05) is 24.7 Å². The van der Waals surface area contributed by atoms with E-state index in [1.165, 1.54) is 6.92 Å². The summed E-state index contributed by atoms with van der Waals surface area (Å²) in [7, 11) is 0. The molecule has 0 aromatic carbocycles. The van der Waals surface area contributed by atoms with Crippen molar-refractivity contribution in [2.75, 3.05) is 0 Å². The lowest BCUT2D eigenvalue weighted by atomic mass is 10.1. The quantitative estimate of drug-likeness (QED) is 0.764. The Bertz CT molecular complexity index is 868. The predicted molar refractivity (Wildman–Crippen MR) is 85.1 cm³/mol. The van der Waals surface area contributed by atoms with E-state index in [1.54, 1.807) is 12.3 Å². The molecule has 0 spiro atoms. The van der Waals surface area contributed by atoms with E-state index >= 15 is 0 Å². The molecule has 3 aromatic heterocycles. The number of carbonyl (C=O) groups excluding carboxylic acids is 1. The third-order valence-corrected chi connectivity index (χ3v) is 3.78. The largest absolute Gasteiger partial charge is 0.346 e. The molecule has 0 aliphatic carbocycles. The third kappa shape index (κ3) is 3.05. The molecule has 2 N–H and O–H groups in total. The van der Waals surface area contributed by atoms with E-state index in [0.717, 1.165) is 10.9 Å². The first-order chi connectivity index (χ1) is 10.9. The van der Waals surface area contributed by atoms with Crippen LogP contribution in [-0.4, -0.2) is 26.0 Å². The number of fused-ring (bicyclic) bond motifs is 1. The van der Waals surface area contributed by atoms with Crippen molar-refractivity contribution in [3.05, 3.63) is 40.8 Å². The van der Waals surface area contributed by atoms with Crippen LogP contribution in [-0.2, 0) is 16.8 Å². The molecule has 8 heteroatoms. The molecule has 0 fully saturated rings. The topological polar surface area (TPSA) is 96.7 Å². The number of aromatic nitrogens is 4. The van der Waals surface area contributed by atoms with Gasteiger partial charge < -0.3 is 14.8 Å². The number of nitrogens with one attached hydrogen (secondary N) is 2. The van der Waals surface area contributed by atoms with Crippen LogP contribution in [0.15, 0.2) is 23.0 Å². The summed E-state index contributed by atoms with van der Waals surface area (Å²) in [5.41, 5.74) is 0.934. The summed E-state index contributed by atoms with van der Waals surface area (Å²) in [6.45, 7) is 5.08. The summed E-state index contributed by atoms with van der Waals surface area (Å²) in [5, 5.41) is 8.21. The van der Waals surface area contributed by atoms with Crippen LogP contribution in [0.4, 0.5) is 0 Å². The zero-order chi connectivity index (χ0) is 16.6. The van der Waals surface area contributed by atoms with Crippen LogP contribution in [0.5, 0.6) is 0 Å². The first-order valence-corrected chi connectivity index (χ1v) is 7.47. The van der Waals surface area contributed by atoms with Gasteiger partial charge in [0.2, 0.25) is 11.8 Å². The molecule has 0 aliphatic rings. The Labute approximate surface area is 137 Å². The molecule has 0 unspecified atom stereocenters. The predicted octanol–water partition coefficient (Wildman–Crippen LogP) is 2.56. The monoisotopic (exact) mass is 333 g/mol. The first kappa shape index (κ1) is 15.5. The molecule has 23 heavy (non-hydrogen) atoms. The zero-order valence-electron chi connectivity index (χ0n) is 13.0. The minimum absolute atomic E-state index is 0.157. The van der Waals surface area contributed by atoms with E-state index in [-0.39, 0.29) is 5.91 Å². The average molecular weight is 334 g/mol. The lowest BCUT2D eigenvalue weighted by Gasteiger charge is -2.20. The zero-order valence-corrected chi connectivity index (χ0v) is 13.7. The van der Waals surface area contributed by atoms with Crippen molar-refractivity contribution in [3.8, 4) is 0 Å². The molecule has 0 saturated heterocycles. The van der Waals surface area contributed by atoms with Crippen molar-refractivity contribution >= 4 is 28.5 Å². The van der Waals surface area contributed by atoms with Crippen molar-refractivity contribution in [2.24, 2.45) is 0 Å². The maximum Gasteiger partial charge on any atom is 0.231 e. The Morgan fingerprint density at radius 1 is 1.48 bits per heavy atom. The summed E-state index contributed by atoms with van der Waals surface area (Å²) in [6, 6.07) is 1.74. The van der Waals surface area contributed by atoms with Crippen LogP contribution in [0.25, 0.3) is 11.0 Å². The normalized spacial score (nSPS) is 11.8. The highest BCUT2D eigenvalue weighted by Crippen LogP contribution is 2.27. The van der Waals surface area contributed by atoms with Crippen molar-refractivity contribution in [1.82, 2.24) is 25.4 Å². The van der Waals surface area contributed by atoms with Crippen LogP contribution in [0.2, 0.25) is 5.02 Å². The highest BCUT2D eigenvalue weighted by atomic mass is 35.5.